The second kappa shape index (κ2) is 7.74. The molecule has 1 rings (SSSR count). The summed E-state index contributed by atoms with van der Waals surface area (Å²) >= 11 is 3.20. The monoisotopic (exact) mass is 358 g/mol. The van der Waals surface area contributed by atoms with Crippen molar-refractivity contribution in [3.05, 3.63) is 33.8 Å². The molecular formula is C14H13BrF2N2O2. The van der Waals surface area contributed by atoms with Gasteiger partial charge in [-0.15, -0.1) is 0 Å². The zero-order valence-electron chi connectivity index (χ0n) is 11.4. The summed E-state index contributed by atoms with van der Waals surface area (Å²) in [5.74, 6) is -0.686. The van der Waals surface area contributed by atoms with Crippen LogP contribution in [0.4, 0.5) is 8.78 Å². The highest BCUT2D eigenvalue weighted by molar-refractivity contribution is 9.10. The van der Waals surface area contributed by atoms with Gasteiger partial charge in [-0.1, -0.05) is 15.9 Å². The smallest absolute Gasteiger partial charge is 0.387 e. The van der Waals surface area contributed by atoms with Crippen molar-refractivity contribution in [3.8, 4) is 11.8 Å². The maximum Gasteiger partial charge on any atom is 0.387 e. The van der Waals surface area contributed by atoms with Crippen LogP contribution in [0.25, 0.3) is 6.08 Å². The van der Waals surface area contributed by atoms with Crippen LogP contribution in [0.5, 0.6) is 5.75 Å². The topological polar surface area (TPSA) is 62.1 Å². The van der Waals surface area contributed by atoms with Crippen LogP contribution in [-0.4, -0.2) is 18.6 Å². The minimum atomic E-state index is -2.99. The van der Waals surface area contributed by atoms with Crippen molar-refractivity contribution >= 4 is 27.9 Å². The second-order valence-corrected chi connectivity index (χ2v) is 5.27. The molecule has 4 nitrogen and oxygen atoms in total. The van der Waals surface area contributed by atoms with Crippen molar-refractivity contribution in [2.75, 3.05) is 0 Å². The lowest BCUT2D eigenvalue weighted by molar-refractivity contribution is -0.117. The summed E-state index contributed by atoms with van der Waals surface area (Å²) in [6.45, 7) is 0.502. The van der Waals surface area contributed by atoms with E-state index >= 15 is 0 Å². The third kappa shape index (κ3) is 5.52. The average Bonchev–Trinajstić information content (AvgIpc) is 2.37. The van der Waals surface area contributed by atoms with E-state index in [1.54, 1.807) is 19.9 Å². The molecule has 0 unspecified atom stereocenters. The maximum atomic E-state index is 12.4. The van der Waals surface area contributed by atoms with E-state index in [0.29, 0.717) is 4.47 Å². The van der Waals surface area contributed by atoms with Crippen LogP contribution in [0.1, 0.15) is 19.4 Å². The Morgan fingerprint density at radius 2 is 2.14 bits per heavy atom. The standard InChI is InChI=1S/C14H13BrF2N2O2/c1-8(2)19-13(20)10(7-18)5-9-6-11(15)3-4-12(9)21-14(16)17/h3-6,8,14H,1-2H3,(H,19,20)/b10-5+. The fourth-order valence-corrected chi connectivity index (χ4v) is 1.86. The third-order valence-electron chi connectivity index (χ3n) is 2.27. The molecule has 0 saturated carbocycles. The Morgan fingerprint density at radius 1 is 1.48 bits per heavy atom. The highest BCUT2D eigenvalue weighted by Gasteiger charge is 2.14. The summed E-state index contributed by atoms with van der Waals surface area (Å²) in [5, 5.41) is 11.6. The Hall–Kier alpha value is -1.94. The molecule has 0 radical (unpaired) electrons. The van der Waals surface area contributed by atoms with E-state index in [-0.39, 0.29) is 22.9 Å². The highest BCUT2D eigenvalue weighted by atomic mass is 79.9. The first-order valence-corrected chi connectivity index (χ1v) is 6.79. The Kier molecular flexibility index (Phi) is 6.31. The van der Waals surface area contributed by atoms with Gasteiger partial charge < -0.3 is 10.1 Å². The normalized spacial score (nSPS) is 11.4. The number of hydrogen-bond donors (Lipinski definition) is 1. The van der Waals surface area contributed by atoms with Gasteiger partial charge in [-0.2, -0.15) is 14.0 Å². The van der Waals surface area contributed by atoms with E-state index < -0.39 is 12.5 Å². The van der Waals surface area contributed by atoms with Crippen molar-refractivity contribution in [3.63, 3.8) is 0 Å². The number of alkyl halides is 2. The number of nitriles is 1. The number of carbonyl (C=O) groups is 1. The number of benzene rings is 1. The average molecular weight is 359 g/mol. The van der Waals surface area contributed by atoms with Gasteiger partial charge in [0.2, 0.25) is 0 Å². The number of ether oxygens (including phenoxy) is 1. The van der Waals surface area contributed by atoms with Crippen LogP contribution >= 0.6 is 15.9 Å². The number of halogens is 3. The van der Waals surface area contributed by atoms with Gasteiger partial charge in [0.1, 0.15) is 17.4 Å². The lowest BCUT2D eigenvalue weighted by atomic mass is 10.1. The van der Waals surface area contributed by atoms with Crippen LogP contribution in [0, 0.1) is 11.3 Å². The summed E-state index contributed by atoms with van der Waals surface area (Å²) in [7, 11) is 0. The fourth-order valence-electron chi connectivity index (χ4n) is 1.48. The Morgan fingerprint density at radius 3 is 2.67 bits per heavy atom. The molecule has 1 aromatic carbocycles. The first kappa shape index (κ1) is 17.1. The molecule has 0 aliphatic heterocycles. The molecule has 1 amide bonds. The lowest BCUT2D eigenvalue weighted by Gasteiger charge is -2.10. The Labute approximate surface area is 129 Å². The van der Waals surface area contributed by atoms with Crippen molar-refractivity contribution in [1.29, 1.82) is 5.26 Å². The van der Waals surface area contributed by atoms with Crippen molar-refractivity contribution in [1.82, 2.24) is 5.32 Å². The first-order chi connectivity index (χ1) is 9.83. The number of hydrogen-bond acceptors (Lipinski definition) is 3. The molecule has 0 atom stereocenters. The fraction of sp³-hybridized carbons (Fsp3) is 0.286. The molecule has 0 fully saturated rings. The number of amides is 1. The second-order valence-electron chi connectivity index (χ2n) is 4.36. The number of carbonyl (C=O) groups excluding carboxylic acids is 1. The van der Waals surface area contributed by atoms with Crippen LogP contribution in [0.2, 0.25) is 0 Å². The predicted octanol–water partition coefficient (Wildman–Crippen LogP) is 3.48. The van der Waals surface area contributed by atoms with Crippen molar-refractivity contribution in [2.45, 2.75) is 26.5 Å². The number of nitrogens with zero attached hydrogens (tertiary/aromatic N) is 1. The van der Waals surface area contributed by atoms with E-state index in [1.165, 1.54) is 24.3 Å². The molecule has 0 spiro atoms. The summed E-state index contributed by atoms with van der Waals surface area (Å²) in [5.41, 5.74) is 0.0149. The van der Waals surface area contributed by atoms with Crippen LogP contribution in [0.3, 0.4) is 0 Å². The molecule has 7 heteroatoms. The Balaban J connectivity index is 3.18. The molecule has 0 bridgehead atoms. The summed E-state index contributed by atoms with van der Waals surface area (Å²) in [6, 6.07) is 5.94. The van der Waals surface area contributed by atoms with E-state index in [4.69, 9.17) is 5.26 Å². The molecule has 0 heterocycles. The van der Waals surface area contributed by atoms with Crippen LogP contribution in [-0.2, 0) is 4.79 Å². The maximum absolute atomic E-state index is 12.4. The van der Waals surface area contributed by atoms with Gasteiger partial charge in [-0.25, -0.2) is 0 Å². The van der Waals surface area contributed by atoms with E-state index in [0.717, 1.165) is 0 Å². The molecular weight excluding hydrogens is 346 g/mol. The molecule has 112 valence electrons. The van der Waals surface area contributed by atoms with Gasteiger partial charge in [0, 0.05) is 16.1 Å². The predicted molar refractivity (Wildman–Crippen MR) is 77.6 cm³/mol. The summed E-state index contributed by atoms with van der Waals surface area (Å²) in [6.07, 6.45) is 1.21. The van der Waals surface area contributed by atoms with E-state index in [9.17, 15) is 13.6 Å². The van der Waals surface area contributed by atoms with Crippen molar-refractivity contribution in [2.24, 2.45) is 0 Å². The molecule has 0 aromatic heterocycles. The van der Waals surface area contributed by atoms with Crippen LogP contribution in [0.15, 0.2) is 28.2 Å². The summed E-state index contributed by atoms with van der Waals surface area (Å²) < 4.78 is 29.7. The van der Waals surface area contributed by atoms with E-state index in [2.05, 4.69) is 26.0 Å². The minimum Gasteiger partial charge on any atom is -0.434 e. The molecule has 1 aromatic rings. The zero-order valence-corrected chi connectivity index (χ0v) is 12.9. The van der Waals surface area contributed by atoms with Gasteiger partial charge >= 0.3 is 6.61 Å². The minimum absolute atomic E-state index is 0.113. The Bertz CT molecular complexity index is 595. The van der Waals surface area contributed by atoms with E-state index in [1.807, 2.05) is 0 Å². The first-order valence-electron chi connectivity index (χ1n) is 6.00. The van der Waals surface area contributed by atoms with Gasteiger partial charge in [-0.05, 0) is 38.1 Å². The van der Waals surface area contributed by atoms with Crippen molar-refractivity contribution < 1.29 is 18.3 Å². The lowest BCUT2D eigenvalue weighted by Crippen LogP contribution is -2.30. The van der Waals surface area contributed by atoms with Gasteiger partial charge in [0.15, 0.2) is 0 Å². The van der Waals surface area contributed by atoms with Gasteiger partial charge in [-0.3, -0.25) is 4.79 Å². The highest BCUT2D eigenvalue weighted by Crippen LogP contribution is 2.27. The van der Waals surface area contributed by atoms with Gasteiger partial charge in [0.05, 0.1) is 0 Å². The van der Waals surface area contributed by atoms with Crippen LogP contribution < -0.4 is 10.1 Å². The molecule has 0 saturated heterocycles. The summed E-state index contributed by atoms with van der Waals surface area (Å²) in [4.78, 5) is 11.8. The molecule has 0 aliphatic carbocycles. The SMILES string of the molecule is CC(C)NC(=O)/C(C#N)=C/c1cc(Br)ccc1OC(F)F. The molecule has 21 heavy (non-hydrogen) atoms. The largest absolute Gasteiger partial charge is 0.434 e. The number of nitrogens with one attached hydrogen (secondary N) is 1. The quantitative estimate of drug-likeness (QED) is 0.647. The zero-order chi connectivity index (χ0) is 16.0. The molecule has 0 aliphatic rings. The molecule has 1 N–H and O–H groups in total. The van der Waals surface area contributed by atoms with Gasteiger partial charge in [0.25, 0.3) is 5.91 Å². The number of rotatable bonds is 5. The third-order valence-corrected chi connectivity index (χ3v) is 2.77.